The van der Waals surface area contributed by atoms with E-state index >= 15 is 0 Å². The van der Waals surface area contributed by atoms with E-state index in [0.29, 0.717) is 17.5 Å². The van der Waals surface area contributed by atoms with Gasteiger partial charge >= 0.3 is 0 Å². The standard InChI is InChI=1S/C13H23N3O/c1-10(2)5-6-13-12(9-17)14-15-16(13)8-7-11(3)4/h9-11H,5-8H2,1-4H3. The van der Waals surface area contributed by atoms with Crippen LogP contribution in [0, 0.1) is 11.8 Å². The topological polar surface area (TPSA) is 47.8 Å². The minimum Gasteiger partial charge on any atom is -0.296 e. The first-order chi connectivity index (χ1) is 8.04. The fraction of sp³-hybridized carbons (Fsp3) is 0.769. The molecule has 1 aromatic rings. The van der Waals surface area contributed by atoms with E-state index in [4.69, 9.17) is 0 Å². The zero-order chi connectivity index (χ0) is 12.8. The predicted molar refractivity (Wildman–Crippen MR) is 68.0 cm³/mol. The Morgan fingerprint density at radius 2 is 1.82 bits per heavy atom. The van der Waals surface area contributed by atoms with Crippen LogP contribution in [0.15, 0.2) is 0 Å². The lowest BCUT2D eigenvalue weighted by atomic mass is 10.1. The van der Waals surface area contributed by atoms with E-state index in [1.807, 2.05) is 4.68 Å². The van der Waals surface area contributed by atoms with Crippen molar-refractivity contribution in [2.24, 2.45) is 11.8 Å². The minimum atomic E-state index is 0.509. The van der Waals surface area contributed by atoms with Gasteiger partial charge < -0.3 is 0 Å². The molecule has 4 heteroatoms. The molecule has 0 aliphatic carbocycles. The van der Waals surface area contributed by atoms with Crippen molar-refractivity contribution >= 4 is 6.29 Å². The first-order valence-corrected chi connectivity index (χ1v) is 6.42. The van der Waals surface area contributed by atoms with Gasteiger partial charge in [0.1, 0.15) is 5.69 Å². The molecule has 0 atom stereocenters. The van der Waals surface area contributed by atoms with Gasteiger partial charge in [-0.2, -0.15) is 0 Å². The Balaban J connectivity index is 2.74. The molecule has 0 aliphatic rings. The summed E-state index contributed by atoms with van der Waals surface area (Å²) in [5, 5.41) is 8.01. The zero-order valence-electron chi connectivity index (χ0n) is 11.3. The van der Waals surface area contributed by atoms with E-state index in [-0.39, 0.29) is 0 Å². The maximum atomic E-state index is 10.9. The number of hydrogen-bond acceptors (Lipinski definition) is 3. The van der Waals surface area contributed by atoms with Crippen LogP contribution in [0.25, 0.3) is 0 Å². The van der Waals surface area contributed by atoms with Crippen molar-refractivity contribution in [2.75, 3.05) is 0 Å². The summed E-state index contributed by atoms with van der Waals surface area (Å²) in [4.78, 5) is 10.9. The highest BCUT2D eigenvalue weighted by molar-refractivity contribution is 5.73. The Morgan fingerprint density at radius 1 is 1.18 bits per heavy atom. The van der Waals surface area contributed by atoms with Crippen molar-refractivity contribution in [1.82, 2.24) is 15.0 Å². The summed E-state index contributed by atoms with van der Waals surface area (Å²) < 4.78 is 1.89. The number of carbonyl (C=O) groups is 1. The van der Waals surface area contributed by atoms with Crippen LogP contribution in [-0.2, 0) is 13.0 Å². The fourth-order valence-corrected chi connectivity index (χ4v) is 1.68. The van der Waals surface area contributed by atoms with Gasteiger partial charge in [0.05, 0.1) is 5.69 Å². The van der Waals surface area contributed by atoms with Crippen molar-refractivity contribution in [3.63, 3.8) is 0 Å². The maximum Gasteiger partial charge on any atom is 0.172 e. The number of aryl methyl sites for hydroxylation is 1. The third-order valence-corrected chi connectivity index (χ3v) is 2.86. The highest BCUT2D eigenvalue weighted by atomic mass is 16.1. The number of aldehydes is 1. The van der Waals surface area contributed by atoms with Crippen LogP contribution in [0.1, 0.15) is 56.7 Å². The van der Waals surface area contributed by atoms with E-state index in [2.05, 4.69) is 38.0 Å². The Kier molecular flexibility index (Phi) is 5.32. The lowest BCUT2D eigenvalue weighted by Crippen LogP contribution is -2.09. The lowest BCUT2D eigenvalue weighted by molar-refractivity contribution is 0.111. The molecule has 1 rings (SSSR count). The normalized spacial score (nSPS) is 11.4. The summed E-state index contributed by atoms with van der Waals surface area (Å²) in [5.41, 5.74) is 1.50. The Morgan fingerprint density at radius 3 is 2.35 bits per heavy atom. The van der Waals surface area contributed by atoms with Crippen molar-refractivity contribution in [1.29, 1.82) is 0 Å². The molecule has 0 aromatic carbocycles. The monoisotopic (exact) mass is 237 g/mol. The van der Waals surface area contributed by atoms with Crippen LogP contribution in [0.5, 0.6) is 0 Å². The van der Waals surface area contributed by atoms with Gasteiger partial charge in [-0.1, -0.05) is 32.9 Å². The first-order valence-electron chi connectivity index (χ1n) is 6.42. The molecule has 96 valence electrons. The smallest absolute Gasteiger partial charge is 0.172 e. The third-order valence-electron chi connectivity index (χ3n) is 2.86. The second-order valence-electron chi connectivity index (χ2n) is 5.38. The van der Waals surface area contributed by atoms with E-state index in [1.54, 1.807) is 0 Å². The average molecular weight is 237 g/mol. The van der Waals surface area contributed by atoms with E-state index < -0.39 is 0 Å². The maximum absolute atomic E-state index is 10.9. The number of rotatable bonds is 7. The Bertz CT molecular complexity index is 356. The highest BCUT2D eigenvalue weighted by Gasteiger charge is 2.12. The van der Waals surface area contributed by atoms with Gasteiger partial charge in [-0.15, -0.1) is 5.10 Å². The van der Waals surface area contributed by atoms with E-state index in [9.17, 15) is 4.79 Å². The first kappa shape index (κ1) is 13.9. The Labute approximate surface area is 103 Å². The van der Waals surface area contributed by atoms with E-state index in [1.165, 1.54) is 0 Å². The molecule has 0 N–H and O–H groups in total. The molecular formula is C13H23N3O. The largest absolute Gasteiger partial charge is 0.296 e. The molecule has 0 fully saturated rings. The van der Waals surface area contributed by atoms with Crippen LogP contribution in [0.3, 0.4) is 0 Å². The molecule has 0 amide bonds. The zero-order valence-corrected chi connectivity index (χ0v) is 11.3. The SMILES string of the molecule is CC(C)CCc1c(C=O)nnn1CCC(C)C. The molecular weight excluding hydrogens is 214 g/mol. The van der Waals surface area contributed by atoms with Crippen molar-refractivity contribution in [3.05, 3.63) is 11.4 Å². The van der Waals surface area contributed by atoms with Gasteiger partial charge in [0, 0.05) is 6.54 Å². The summed E-state index contributed by atoms with van der Waals surface area (Å²) in [6.45, 7) is 9.59. The fourth-order valence-electron chi connectivity index (χ4n) is 1.68. The molecule has 0 unspecified atom stereocenters. The molecule has 0 radical (unpaired) electrons. The summed E-state index contributed by atoms with van der Waals surface area (Å²) in [6, 6.07) is 0. The lowest BCUT2D eigenvalue weighted by Gasteiger charge is -2.09. The molecule has 0 saturated heterocycles. The van der Waals surface area contributed by atoms with Gasteiger partial charge in [-0.25, -0.2) is 4.68 Å². The molecule has 1 heterocycles. The molecule has 0 spiro atoms. The van der Waals surface area contributed by atoms with Crippen molar-refractivity contribution < 1.29 is 4.79 Å². The molecule has 0 saturated carbocycles. The second kappa shape index (κ2) is 6.52. The molecule has 1 aromatic heterocycles. The average Bonchev–Trinajstić information content (AvgIpc) is 2.65. The van der Waals surface area contributed by atoms with Gasteiger partial charge in [-0.3, -0.25) is 4.79 Å². The van der Waals surface area contributed by atoms with Crippen molar-refractivity contribution in [3.8, 4) is 0 Å². The number of carbonyl (C=O) groups excluding carboxylic acids is 1. The van der Waals surface area contributed by atoms with Crippen molar-refractivity contribution in [2.45, 2.75) is 53.5 Å². The highest BCUT2D eigenvalue weighted by Crippen LogP contribution is 2.12. The molecule has 17 heavy (non-hydrogen) atoms. The number of nitrogens with zero attached hydrogens (tertiary/aromatic N) is 3. The summed E-state index contributed by atoms with van der Waals surface area (Å²) >= 11 is 0. The third kappa shape index (κ3) is 4.29. The summed E-state index contributed by atoms with van der Waals surface area (Å²) in [5.74, 6) is 1.26. The van der Waals surface area contributed by atoms with Gasteiger partial charge in [0.25, 0.3) is 0 Å². The summed E-state index contributed by atoms with van der Waals surface area (Å²) in [7, 11) is 0. The summed E-state index contributed by atoms with van der Waals surface area (Å²) in [6.07, 6.45) is 3.83. The quantitative estimate of drug-likeness (QED) is 0.685. The predicted octanol–water partition coefficient (Wildman–Crippen LogP) is 2.73. The molecule has 0 bridgehead atoms. The molecule has 0 aliphatic heterocycles. The molecule has 4 nitrogen and oxygen atoms in total. The van der Waals surface area contributed by atoms with Crippen LogP contribution in [-0.4, -0.2) is 21.3 Å². The van der Waals surface area contributed by atoms with Gasteiger partial charge in [0.15, 0.2) is 6.29 Å². The van der Waals surface area contributed by atoms with Crippen LogP contribution < -0.4 is 0 Å². The van der Waals surface area contributed by atoms with Gasteiger partial charge in [-0.05, 0) is 31.1 Å². The Hall–Kier alpha value is -1.19. The second-order valence-corrected chi connectivity index (χ2v) is 5.38. The van der Waals surface area contributed by atoms with Gasteiger partial charge in [0.2, 0.25) is 0 Å². The van der Waals surface area contributed by atoms with Crippen LogP contribution in [0.2, 0.25) is 0 Å². The van der Waals surface area contributed by atoms with Crippen LogP contribution in [0.4, 0.5) is 0 Å². The van der Waals surface area contributed by atoms with Crippen LogP contribution >= 0.6 is 0 Å². The number of aromatic nitrogens is 3. The number of hydrogen-bond donors (Lipinski definition) is 0. The minimum absolute atomic E-state index is 0.509. The van der Waals surface area contributed by atoms with E-state index in [0.717, 1.165) is 37.8 Å².